The third-order valence-corrected chi connectivity index (χ3v) is 3.25. The molecule has 1 unspecified atom stereocenters. The number of hydrogen-bond acceptors (Lipinski definition) is 2. The van der Waals surface area contributed by atoms with E-state index in [-0.39, 0.29) is 11.9 Å². The second-order valence-electron chi connectivity index (χ2n) is 4.67. The molecule has 0 aliphatic rings. The van der Waals surface area contributed by atoms with Crippen LogP contribution in [0.25, 0.3) is 0 Å². The smallest absolute Gasteiger partial charge is 0.128 e. The Kier molecular flexibility index (Phi) is 4.68. The Labute approximate surface area is 113 Å². The highest BCUT2D eigenvalue weighted by Gasteiger charge is 2.14. The third kappa shape index (κ3) is 3.20. The fourth-order valence-corrected chi connectivity index (χ4v) is 2.17. The van der Waals surface area contributed by atoms with Gasteiger partial charge in [0.05, 0.1) is 18.1 Å². The van der Waals surface area contributed by atoms with Crippen LogP contribution in [0.4, 0.5) is 4.39 Å². The van der Waals surface area contributed by atoms with E-state index in [0.717, 1.165) is 25.2 Å². The number of rotatable bonds is 6. The summed E-state index contributed by atoms with van der Waals surface area (Å²) in [6.07, 6.45) is 4.69. The predicted molar refractivity (Wildman–Crippen MR) is 74.4 cm³/mol. The molecule has 1 aromatic carbocycles. The van der Waals surface area contributed by atoms with Crippen molar-refractivity contribution in [2.45, 2.75) is 32.9 Å². The molecule has 1 heterocycles. The zero-order valence-electron chi connectivity index (χ0n) is 11.4. The SMILES string of the molecule is CCCNCc1cncn1C(C)c1ccccc1F. The van der Waals surface area contributed by atoms with Crippen molar-refractivity contribution in [3.8, 4) is 0 Å². The Morgan fingerprint density at radius 2 is 2.16 bits per heavy atom. The van der Waals surface area contributed by atoms with E-state index in [1.165, 1.54) is 6.07 Å². The van der Waals surface area contributed by atoms with Gasteiger partial charge in [0.15, 0.2) is 0 Å². The van der Waals surface area contributed by atoms with Crippen molar-refractivity contribution in [1.82, 2.24) is 14.9 Å². The van der Waals surface area contributed by atoms with Crippen LogP contribution in [0, 0.1) is 5.82 Å². The lowest BCUT2D eigenvalue weighted by Gasteiger charge is -2.18. The Morgan fingerprint density at radius 1 is 1.37 bits per heavy atom. The highest BCUT2D eigenvalue weighted by atomic mass is 19.1. The fourth-order valence-electron chi connectivity index (χ4n) is 2.17. The van der Waals surface area contributed by atoms with E-state index in [4.69, 9.17) is 0 Å². The Hall–Kier alpha value is -1.68. The predicted octanol–water partition coefficient (Wildman–Crippen LogP) is 3.13. The van der Waals surface area contributed by atoms with Crippen LogP contribution in [0.2, 0.25) is 0 Å². The molecule has 0 aliphatic heterocycles. The van der Waals surface area contributed by atoms with Crippen LogP contribution in [0.15, 0.2) is 36.8 Å². The summed E-state index contributed by atoms with van der Waals surface area (Å²) < 4.78 is 15.8. The standard InChI is InChI=1S/C15H20FN3/c1-3-8-17-9-13-10-18-11-19(13)12(2)14-6-4-5-7-15(14)16/h4-7,10-12,17H,3,8-9H2,1-2H3. The number of nitrogens with one attached hydrogen (secondary N) is 1. The van der Waals surface area contributed by atoms with E-state index in [0.29, 0.717) is 5.56 Å². The van der Waals surface area contributed by atoms with Crippen molar-refractivity contribution in [1.29, 1.82) is 0 Å². The molecule has 0 saturated carbocycles. The van der Waals surface area contributed by atoms with Gasteiger partial charge in [-0.05, 0) is 26.0 Å². The van der Waals surface area contributed by atoms with Crippen molar-refractivity contribution >= 4 is 0 Å². The van der Waals surface area contributed by atoms with Crippen LogP contribution in [0.1, 0.15) is 37.6 Å². The third-order valence-electron chi connectivity index (χ3n) is 3.25. The second-order valence-corrected chi connectivity index (χ2v) is 4.67. The molecular formula is C15H20FN3. The first-order valence-corrected chi connectivity index (χ1v) is 6.70. The van der Waals surface area contributed by atoms with Crippen molar-refractivity contribution in [3.05, 3.63) is 53.9 Å². The molecule has 3 nitrogen and oxygen atoms in total. The summed E-state index contributed by atoms with van der Waals surface area (Å²) >= 11 is 0. The minimum absolute atomic E-state index is 0.0536. The first-order valence-electron chi connectivity index (χ1n) is 6.70. The van der Waals surface area contributed by atoms with E-state index < -0.39 is 0 Å². The Morgan fingerprint density at radius 3 is 2.89 bits per heavy atom. The maximum atomic E-state index is 13.8. The quantitative estimate of drug-likeness (QED) is 0.810. The van der Waals surface area contributed by atoms with Gasteiger partial charge in [-0.25, -0.2) is 9.37 Å². The maximum Gasteiger partial charge on any atom is 0.128 e. The molecule has 19 heavy (non-hydrogen) atoms. The lowest BCUT2D eigenvalue weighted by molar-refractivity contribution is 0.534. The molecule has 1 atom stereocenters. The topological polar surface area (TPSA) is 29.9 Å². The number of imidazole rings is 1. The summed E-state index contributed by atoms with van der Waals surface area (Å²) in [5, 5.41) is 3.34. The number of halogens is 1. The monoisotopic (exact) mass is 261 g/mol. The summed E-state index contributed by atoms with van der Waals surface area (Å²) in [4.78, 5) is 4.18. The molecule has 1 N–H and O–H groups in total. The molecule has 2 aromatic rings. The highest BCUT2D eigenvalue weighted by molar-refractivity contribution is 5.22. The number of benzene rings is 1. The molecule has 2 rings (SSSR count). The van der Waals surface area contributed by atoms with E-state index in [9.17, 15) is 4.39 Å². The molecule has 0 bridgehead atoms. The first kappa shape index (κ1) is 13.7. The van der Waals surface area contributed by atoms with Gasteiger partial charge in [-0.2, -0.15) is 0 Å². The summed E-state index contributed by atoms with van der Waals surface area (Å²) in [6, 6.07) is 6.84. The summed E-state index contributed by atoms with van der Waals surface area (Å²) in [7, 11) is 0. The van der Waals surface area contributed by atoms with Crippen LogP contribution < -0.4 is 5.32 Å². The molecule has 0 radical (unpaired) electrons. The van der Waals surface area contributed by atoms with Gasteiger partial charge < -0.3 is 9.88 Å². The van der Waals surface area contributed by atoms with E-state index in [1.54, 1.807) is 12.4 Å². The zero-order chi connectivity index (χ0) is 13.7. The molecule has 0 spiro atoms. The molecule has 0 aliphatic carbocycles. The van der Waals surface area contributed by atoms with Crippen LogP contribution in [0.3, 0.4) is 0 Å². The van der Waals surface area contributed by atoms with Gasteiger partial charge >= 0.3 is 0 Å². The van der Waals surface area contributed by atoms with Crippen LogP contribution in [-0.2, 0) is 6.54 Å². The van der Waals surface area contributed by atoms with Crippen molar-refractivity contribution < 1.29 is 4.39 Å². The summed E-state index contributed by atoms with van der Waals surface area (Å²) in [5.41, 5.74) is 1.77. The lowest BCUT2D eigenvalue weighted by Crippen LogP contribution is -2.18. The van der Waals surface area contributed by atoms with E-state index in [1.807, 2.05) is 29.8 Å². The maximum absolute atomic E-state index is 13.8. The molecule has 0 saturated heterocycles. The average molecular weight is 261 g/mol. The van der Waals surface area contributed by atoms with Gasteiger partial charge in [-0.1, -0.05) is 25.1 Å². The molecule has 0 amide bonds. The average Bonchev–Trinajstić information content (AvgIpc) is 2.87. The van der Waals surface area contributed by atoms with Gasteiger partial charge in [0.2, 0.25) is 0 Å². The fraction of sp³-hybridized carbons (Fsp3) is 0.400. The van der Waals surface area contributed by atoms with Crippen LogP contribution in [0.5, 0.6) is 0 Å². The van der Waals surface area contributed by atoms with Crippen molar-refractivity contribution in [3.63, 3.8) is 0 Å². The van der Waals surface area contributed by atoms with Gasteiger partial charge in [0.25, 0.3) is 0 Å². The summed E-state index contributed by atoms with van der Waals surface area (Å²) in [6.45, 7) is 5.85. The minimum Gasteiger partial charge on any atom is -0.326 e. The molecule has 102 valence electrons. The normalized spacial score (nSPS) is 12.6. The molecular weight excluding hydrogens is 241 g/mol. The van der Waals surface area contributed by atoms with Crippen LogP contribution >= 0.6 is 0 Å². The number of aromatic nitrogens is 2. The van der Waals surface area contributed by atoms with Gasteiger partial charge in [0, 0.05) is 18.3 Å². The number of hydrogen-bond donors (Lipinski definition) is 1. The largest absolute Gasteiger partial charge is 0.326 e. The van der Waals surface area contributed by atoms with E-state index in [2.05, 4.69) is 17.2 Å². The van der Waals surface area contributed by atoms with Crippen LogP contribution in [-0.4, -0.2) is 16.1 Å². The van der Waals surface area contributed by atoms with Crippen molar-refractivity contribution in [2.24, 2.45) is 0 Å². The van der Waals surface area contributed by atoms with Gasteiger partial charge in [-0.15, -0.1) is 0 Å². The van der Waals surface area contributed by atoms with Crippen molar-refractivity contribution in [2.75, 3.05) is 6.54 Å². The minimum atomic E-state index is -0.170. The Bertz CT molecular complexity index is 522. The molecule has 1 aromatic heterocycles. The summed E-state index contributed by atoms with van der Waals surface area (Å²) in [5.74, 6) is -0.170. The van der Waals surface area contributed by atoms with Gasteiger partial charge in [-0.3, -0.25) is 0 Å². The van der Waals surface area contributed by atoms with Gasteiger partial charge in [0.1, 0.15) is 5.82 Å². The number of nitrogens with zero attached hydrogens (tertiary/aromatic N) is 2. The molecule has 0 fully saturated rings. The first-order chi connectivity index (χ1) is 9.24. The lowest BCUT2D eigenvalue weighted by atomic mass is 10.1. The highest BCUT2D eigenvalue weighted by Crippen LogP contribution is 2.22. The Balaban J connectivity index is 2.18. The second kappa shape index (κ2) is 6.48. The molecule has 4 heteroatoms. The van der Waals surface area contributed by atoms with E-state index >= 15 is 0 Å². The zero-order valence-corrected chi connectivity index (χ0v) is 11.4.